The molecule has 0 bridgehead atoms. The maximum atomic E-state index is 12.8. The normalized spacial score (nSPS) is 13.2. The predicted molar refractivity (Wildman–Crippen MR) is 103 cm³/mol. The molecule has 1 aliphatic rings. The molecule has 3 rings (SSSR count). The summed E-state index contributed by atoms with van der Waals surface area (Å²) in [5.74, 6) is -0.0978. The highest BCUT2D eigenvalue weighted by molar-refractivity contribution is 7.92. The Bertz CT molecular complexity index is 1040. The molecule has 0 unspecified atom stereocenters. The summed E-state index contributed by atoms with van der Waals surface area (Å²) >= 11 is 0. The van der Waals surface area contributed by atoms with Gasteiger partial charge in [-0.2, -0.15) is 13.2 Å². The second kappa shape index (κ2) is 8.42. The Morgan fingerprint density at radius 1 is 1.13 bits per heavy atom. The summed E-state index contributed by atoms with van der Waals surface area (Å²) in [4.78, 5) is 12.4. The van der Waals surface area contributed by atoms with Crippen molar-refractivity contribution in [3.63, 3.8) is 0 Å². The van der Waals surface area contributed by atoms with Gasteiger partial charge in [0.2, 0.25) is 22.7 Å². The van der Waals surface area contributed by atoms with E-state index in [2.05, 4.69) is 5.32 Å². The van der Waals surface area contributed by atoms with Gasteiger partial charge in [0, 0.05) is 12.6 Å². The zero-order valence-electron chi connectivity index (χ0n) is 15.9. The number of fused-ring (bicyclic) bond motifs is 1. The average Bonchev–Trinajstić information content (AvgIpc) is 3.17. The van der Waals surface area contributed by atoms with Crippen LogP contribution in [0.3, 0.4) is 0 Å². The van der Waals surface area contributed by atoms with Gasteiger partial charge in [-0.05, 0) is 36.8 Å². The van der Waals surface area contributed by atoms with Gasteiger partial charge >= 0.3 is 6.18 Å². The molecule has 1 aliphatic heterocycles. The molecule has 30 heavy (non-hydrogen) atoms. The number of hydrogen-bond donors (Lipinski definition) is 1. The molecule has 0 aliphatic carbocycles. The molecule has 0 saturated carbocycles. The number of benzene rings is 2. The number of alkyl halides is 3. The number of sulfonamides is 1. The molecular formula is C19H19F3N2O5S. The third-order valence-corrected chi connectivity index (χ3v) is 6.12. The Morgan fingerprint density at radius 3 is 2.57 bits per heavy atom. The van der Waals surface area contributed by atoms with Crippen LogP contribution in [-0.4, -0.2) is 33.4 Å². The van der Waals surface area contributed by atoms with Gasteiger partial charge in [0.15, 0.2) is 11.5 Å². The van der Waals surface area contributed by atoms with E-state index in [1.807, 2.05) is 0 Å². The van der Waals surface area contributed by atoms with Crippen LogP contribution in [0, 0.1) is 0 Å². The first kappa shape index (κ1) is 21.8. The van der Waals surface area contributed by atoms with Gasteiger partial charge in [-0.3, -0.25) is 9.10 Å². The summed E-state index contributed by atoms with van der Waals surface area (Å²) in [6, 6.07) is 9.02. The highest BCUT2D eigenvalue weighted by atomic mass is 32.2. The molecule has 0 spiro atoms. The number of amides is 1. The van der Waals surface area contributed by atoms with Crippen LogP contribution >= 0.6 is 0 Å². The fraction of sp³-hybridized carbons (Fsp3) is 0.316. The van der Waals surface area contributed by atoms with Gasteiger partial charge in [-0.15, -0.1) is 0 Å². The maximum absolute atomic E-state index is 12.8. The Labute approximate surface area is 171 Å². The largest absolute Gasteiger partial charge is 0.454 e. The molecule has 1 N–H and O–H groups in total. The van der Waals surface area contributed by atoms with Crippen molar-refractivity contribution >= 4 is 21.6 Å². The van der Waals surface area contributed by atoms with Gasteiger partial charge < -0.3 is 14.8 Å². The van der Waals surface area contributed by atoms with Crippen molar-refractivity contribution in [2.75, 3.05) is 23.4 Å². The van der Waals surface area contributed by atoms with Crippen molar-refractivity contribution in [1.29, 1.82) is 0 Å². The summed E-state index contributed by atoms with van der Waals surface area (Å²) in [6.45, 7) is 0.741. The number of rotatable bonds is 7. The number of nitrogens with one attached hydrogen (secondary N) is 1. The Hall–Kier alpha value is -2.95. The Morgan fingerprint density at radius 2 is 1.87 bits per heavy atom. The lowest BCUT2D eigenvalue weighted by molar-refractivity contribution is -0.137. The lowest BCUT2D eigenvalue weighted by Crippen LogP contribution is -2.41. The second-order valence-corrected chi connectivity index (χ2v) is 8.60. The zero-order valence-corrected chi connectivity index (χ0v) is 16.7. The smallest absolute Gasteiger partial charge is 0.416 e. The van der Waals surface area contributed by atoms with Gasteiger partial charge in [0.05, 0.1) is 17.0 Å². The number of ether oxygens (including phenoxy) is 2. The first-order valence-corrected chi connectivity index (χ1v) is 10.5. The standard InChI is InChI=1S/C19H19F3N2O5S/c1-2-30(26,27)24(15-6-7-16-17(9-15)29-12-28-16)11-18(25)23-10-13-4-3-5-14(8-13)19(20,21)22/h3-9H,2,10-12H2,1H3,(H,23,25). The van der Waals surface area contributed by atoms with E-state index in [4.69, 9.17) is 9.47 Å². The maximum Gasteiger partial charge on any atom is 0.416 e. The summed E-state index contributed by atoms with van der Waals surface area (Å²) in [5.41, 5.74) is -0.369. The number of nitrogens with zero attached hydrogens (tertiary/aromatic N) is 1. The van der Waals surface area contributed by atoms with Crippen molar-refractivity contribution in [1.82, 2.24) is 5.32 Å². The summed E-state index contributed by atoms with van der Waals surface area (Å²) in [5, 5.41) is 2.46. The van der Waals surface area contributed by atoms with E-state index in [0.717, 1.165) is 16.4 Å². The molecule has 2 aromatic rings. The van der Waals surface area contributed by atoms with E-state index < -0.39 is 34.2 Å². The van der Waals surface area contributed by atoms with Crippen molar-refractivity contribution in [3.8, 4) is 11.5 Å². The molecule has 2 aromatic carbocycles. The Balaban J connectivity index is 1.73. The minimum atomic E-state index is -4.49. The highest BCUT2D eigenvalue weighted by Gasteiger charge is 2.30. The SMILES string of the molecule is CCS(=O)(=O)N(CC(=O)NCc1cccc(C(F)(F)F)c1)c1ccc2c(c1)OCO2. The monoisotopic (exact) mass is 444 g/mol. The predicted octanol–water partition coefficient (Wildman–Crippen LogP) is 2.91. The van der Waals surface area contributed by atoms with Crippen LogP contribution in [0.5, 0.6) is 11.5 Å². The van der Waals surface area contributed by atoms with Crippen molar-refractivity contribution in [2.45, 2.75) is 19.6 Å². The number of carbonyl (C=O) groups excluding carboxylic acids is 1. The fourth-order valence-electron chi connectivity index (χ4n) is 2.79. The molecule has 162 valence electrons. The minimum Gasteiger partial charge on any atom is -0.454 e. The van der Waals surface area contributed by atoms with Gasteiger partial charge in [-0.1, -0.05) is 12.1 Å². The zero-order chi connectivity index (χ0) is 21.9. The lowest BCUT2D eigenvalue weighted by Gasteiger charge is -2.23. The lowest BCUT2D eigenvalue weighted by atomic mass is 10.1. The van der Waals surface area contributed by atoms with E-state index in [1.54, 1.807) is 0 Å². The van der Waals surface area contributed by atoms with Crippen molar-refractivity contribution in [2.24, 2.45) is 0 Å². The molecule has 1 amide bonds. The summed E-state index contributed by atoms with van der Waals surface area (Å²) in [7, 11) is -3.81. The van der Waals surface area contributed by atoms with Crippen molar-refractivity contribution in [3.05, 3.63) is 53.6 Å². The molecule has 0 saturated heterocycles. The first-order valence-electron chi connectivity index (χ1n) is 8.93. The molecule has 1 heterocycles. The topological polar surface area (TPSA) is 84.9 Å². The number of anilines is 1. The number of hydrogen-bond acceptors (Lipinski definition) is 5. The molecule has 0 fully saturated rings. The van der Waals surface area contributed by atoms with Gasteiger partial charge in [0.1, 0.15) is 6.54 Å². The van der Waals surface area contributed by atoms with E-state index >= 15 is 0 Å². The average molecular weight is 444 g/mol. The summed E-state index contributed by atoms with van der Waals surface area (Å²) in [6.07, 6.45) is -4.49. The second-order valence-electron chi connectivity index (χ2n) is 6.42. The van der Waals surface area contributed by atoms with Gasteiger partial charge in [0.25, 0.3) is 0 Å². The minimum absolute atomic E-state index is 0.0107. The van der Waals surface area contributed by atoms with E-state index in [9.17, 15) is 26.4 Å². The highest BCUT2D eigenvalue weighted by Crippen LogP contribution is 2.36. The van der Waals surface area contributed by atoms with Crippen molar-refractivity contribution < 1.29 is 35.9 Å². The fourth-order valence-corrected chi connectivity index (χ4v) is 3.85. The quantitative estimate of drug-likeness (QED) is 0.710. The van der Waals surface area contributed by atoms with Gasteiger partial charge in [-0.25, -0.2) is 8.42 Å². The molecule has 0 atom stereocenters. The third kappa shape index (κ3) is 4.96. The van der Waals surface area contributed by atoms with Crippen LogP contribution in [0.1, 0.15) is 18.1 Å². The third-order valence-electron chi connectivity index (χ3n) is 4.38. The molecule has 7 nitrogen and oxygen atoms in total. The van der Waals surface area contributed by atoms with Crippen LogP contribution in [0.2, 0.25) is 0 Å². The summed E-state index contributed by atoms with van der Waals surface area (Å²) < 4.78 is 74.8. The van der Waals surface area contributed by atoms with Crippen LogP contribution in [-0.2, 0) is 27.5 Å². The number of carbonyl (C=O) groups is 1. The van der Waals surface area contributed by atoms with Crippen LogP contribution in [0.25, 0.3) is 0 Å². The number of halogens is 3. The van der Waals surface area contributed by atoms with E-state index in [0.29, 0.717) is 11.5 Å². The first-order chi connectivity index (χ1) is 14.1. The van der Waals surface area contributed by atoms with Crippen LogP contribution in [0.4, 0.5) is 18.9 Å². The van der Waals surface area contributed by atoms with Crippen LogP contribution < -0.4 is 19.1 Å². The van der Waals surface area contributed by atoms with Crippen LogP contribution in [0.15, 0.2) is 42.5 Å². The molecule has 0 radical (unpaired) electrons. The van der Waals surface area contributed by atoms with E-state index in [-0.39, 0.29) is 30.3 Å². The Kier molecular flexibility index (Phi) is 6.11. The molecular weight excluding hydrogens is 425 g/mol. The molecule has 0 aromatic heterocycles. The molecule has 11 heteroatoms. The van der Waals surface area contributed by atoms with E-state index in [1.165, 1.54) is 37.3 Å².